The molecule has 214 valence electrons. The van der Waals surface area contributed by atoms with Gasteiger partial charge in [-0.15, -0.1) is 0 Å². The highest BCUT2D eigenvalue weighted by molar-refractivity contribution is 5.95. The second-order valence-electron chi connectivity index (χ2n) is 10.4. The molecule has 13 heteroatoms. The van der Waals surface area contributed by atoms with Crippen LogP contribution in [0.5, 0.6) is 0 Å². The molecule has 2 aliphatic heterocycles. The fourth-order valence-corrected chi connectivity index (χ4v) is 5.45. The van der Waals surface area contributed by atoms with E-state index in [2.05, 4.69) is 37.1 Å². The number of aliphatic hydroxyl groups is 2. The van der Waals surface area contributed by atoms with Crippen molar-refractivity contribution in [1.29, 1.82) is 0 Å². The van der Waals surface area contributed by atoms with Crippen LogP contribution < -0.4 is 10.2 Å². The molecule has 2 saturated heterocycles. The number of piperidine rings is 1. The summed E-state index contributed by atoms with van der Waals surface area (Å²) in [4.78, 5) is 33.5. The third-order valence-corrected chi connectivity index (χ3v) is 7.82. The van der Waals surface area contributed by atoms with Gasteiger partial charge in [-0.1, -0.05) is 6.92 Å². The van der Waals surface area contributed by atoms with Crippen molar-refractivity contribution in [3.8, 4) is 0 Å². The lowest BCUT2D eigenvalue weighted by atomic mass is 10.1. The van der Waals surface area contributed by atoms with Gasteiger partial charge in [0.15, 0.2) is 5.82 Å². The summed E-state index contributed by atoms with van der Waals surface area (Å²) >= 11 is 0. The second-order valence-corrected chi connectivity index (χ2v) is 10.4. The van der Waals surface area contributed by atoms with Crippen LogP contribution in [0.2, 0.25) is 0 Å². The van der Waals surface area contributed by atoms with Crippen LogP contribution >= 0.6 is 0 Å². The summed E-state index contributed by atoms with van der Waals surface area (Å²) in [6.45, 7) is 3.41. The molecular weight excluding hydrogens is 534 g/mol. The number of nitrogens with zero attached hydrogens (tertiary/aromatic N) is 7. The van der Waals surface area contributed by atoms with Crippen LogP contribution in [0.15, 0.2) is 43.1 Å². The number of hydrogen-bond donors (Lipinski definition) is 3. The highest BCUT2D eigenvalue weighted by Crippen LogP contribution is 2.33. The number of aryl methyl sites for hydroxylation is 1. The molecule has 3 aromatic heterocycles. The van der Waals surface area contributed by atoms with E-state index in [0.717, 1.165) is 30.9 Å². The number of likely N-dealkylation sites (tertiary alicyclic amines) is 1. The number of aliphatic hydroxyl groups excluding tert-OH is 2. The van der Waals surface area contributed by atoms with Gasteiger partial charge in [0.2, 0.25) is 5.95 Å². The SMILES string of the molecule is CCc1cnc(N2CCC(n3cc(F)c4c(Nc5ccc(C(=O)N6C[C@H](O)[C@@H](O)C6)cc5F)ncnc43)CC2)nc1. The van der Waals surface area contributed by atoms with Gasteiger partial charge in [-0.05, 0) is 43.0 Å². The number of fused-ring (bicyclic) bond motifs is 1. The van der Waals surface area contributed by atoms with Gasteiger partial charge in [0.05, 0.1) is 23.3 Å². The van der Waals surface area contributed by atoms with E-state index in [1.807, 2.05) is 17.0 Å². The lowest BCUT2D eigenvalue weighted by Gasteiger charge is -2.32. The minimum atomic E-state index is -1.04. The van der Waals surface area contributed by atoms with Crippen LogP contribution in [0.1, 0.15) is 41.7 Å². The number of amides is 1. The molecule has 0 radical (unpaired) electrons. The van der Waals surface area contributed by atoms with Gasteiger partial charge in [0.25, 0.3) is 5.91 Å². The Labute approximate surface area is 234 Å². The Morgan fingerprint density at radius 3 is 2.39 bits per heavy atom. The minimum absolute atomic E-state index is 0.000529. The molecule has 4 aromatic rings. The molecule has 0 aliphatic carbocycles. The predicted octanol–water partition coefficient (Wildman–Crippen LogP) is 2.82. The second kappa shape index (κ2) is 11.0. The number of hydrogen-bond acceptors (Lipinski definition) is 9. The summed E-state index contributed by atoms with van der Waals surface area (Å²) in [7, 11) is 0. The number of anilines is 3. The average molecular weight is 565 g/mol. The molecular formula is C28H30F2N8O3. The summed E-state index contributed by atoms with van der Waals surface area (Å²) < 4.78 is 32.2. The fourth-order valence-electron chi connectivity index (χ4n) is 5.45. The van der Waals surface area contributed by atoms with Crippen LogP contribution in [0.25, 0.3) is 11.0 Å². The Balaban J connectivity index is 1.18. The molecule has 1 amide bonds. The Hall–Kier alpha value is -4.23. The first kappa shape index (κ1) is 27.0. The van der Waals surface area contributed by atoms with Crippen molar-refractivity contribution in [2.75, 3.05) is 36.4 Å². The molecule has 0 spiro atoms. The van der Waals surface area contributed by atoms with Crippen molar-refractivity contribution in [2.45, 2.75) is 44.4 Å². The van der Waals surface area contributed by atoms with Gasteiger partial charge in [-0.3, -0.25) is 4.79 Å². The topological polar surface area (TPSA) is 133 Å². The fraction of sp³-hybridized carbons (Fsp3) is 0.393. The zero-order chi connectivity index (χ0) is 28.7. The van der Waals surface area contributed by atoms with E-state index in [-0.39, 0.29) is 41.6 Å². The van der Waals surface area contributed by atoms with Gasteiger partial charge in [0, 0.05) is 56.4 Å². The summed E-state index contributed by atoms with van der Waals surface area (Å²) in [5.74, 6) is -0.971. The number of carbonyl (C=O) groups excluding carboxylic acids is 1. The van der Waals surface area contributed by atoms with Gasteiger partial charge in [-0.2, -0.15) is 0 Å². The largest absolute Gasteiger partial charge is 0.388 e. The molecule has 2 fully saturated rings. The normalized spacial score (nSPS) is 19.7. The van der Waals surface area contributed by atoms with Gasteiger partial charge in [-0.25, -0.2) is 28.7 Å². The number of halogens is 2. The lowest BCUT2D eigenvalue weighted by molar-refractivity contribution is 0.0572. The van der Waals surface area contributed by atoms with Crippen molar-refractivity contribution >= 4 is 34.4 Å². The number of carbonyl (C=O) groups is 1. The van der Waals surface area contributed by atoms with Crippen LogP contribution in [0.3, 0.4) is 0 Å². The number of rotatable bonds is 6. The van der Waals surface area contributed by atoms with E-state index in [1.165, 1.54) is 29.6 Å². The molecule has 11 nitrogen and oxygen atoms in total. The minimum Gasteiger partial charge on any atom is -0.388 e. The molecule has 41 heavy (non-hydrogen) atoms. The Kier molecular flexibility index (Phi) is 7.22. The van der Waals surface area contributed by atoms with Crippen LogP contribution in [-0.2, 0) is 6.42 Å². The molecule has 0 unspecified atom stereocenters. The van der Waals surface area contributed by atoms with Crippen molar-refractivity contribution < 1.29 is 23.8 Å². The molecule has 0 saturated carbocycles. The summed E-state index contributed by atoms with van der Waals surface area (Å²) in [6, 6.07) is 3.87. The molecule has 2 aliphatic rings. The standard InChI is InChI=1S/C28H30F2N8O3/c1-2-16-10-31-28(32-11-16)36-7-5-18(6-8-36)38-12-20(30)24-25(33-15-34-26(24)38)35-21-4-3-17(9-19(21)29)27(41)37-13-22(39)23(40)14-37/h3-4,9-12,15,18,22-23,39-40H,2,5-8,13-14H2,1H3,(H,33,34,35)/t22-,23-/m0/s1. The smallest absolute Gasteiger partial charge is 0.254 e. The van der Waals surface area contributed by atoms with E-state index in [9.17, 15) is 15.0 Å². The number of nitrogens with one attached hydrogen (secondary N) is 1. The maximum Gasteiger partial charge on any atom is 0.254 e. The zero-order valence-corrected chi connectivity index (χ0v) is 22.4. The number of benzene rings is 1. The first-order valence-corrected chi connectivity index (χ1v) is 13.6. The number of β-amino-alcohol motifs (C(OH)–C–C–N with tert-alkyl or cyclic N) is 2. The van der Waals surface area contributed by atoms with Crippen LogP contribution in [-0.4, -0.2) is 83.9 Å². The predicted molar refractivity (Wildman–Crippen MR) is 147 cm³/mol. The van der Waals surface area contributed by atoms with Crippen molar-refractivity contribution in [1.82, 2.24) is 29.4 Å². The first-order valence-electron chi connectivity index (χ1n) is 13.6. The molecule has 6 rings (SSSR count). The molecule has 1 aromatic carbocycles. The molecule has 2 atom stereocenters. The van der Waals surface area contributed by atoms with Crippen molar-refractivity contribution in [3.05, 3.63) is 65.9 Å². The average Bonchev–Trinajstić information content (AvgIpc) is 3.52. The monoisotopic (exact) mass is 564 g/mol. The number of aromatic nitrogens is 5. The highest BCUT2D eigenvalue weighted by atomic mass is 19.1. The highest BCUT2D eigenvalue weighted by Gasteiger charge is 2.33. The van der Waals surface area contributed by atoms with Crippen LogP contribution in [0, 0.1) is 11.6 Å². The first-order chi connectivity index (χ1) is 19.8. The molecule has 3 N–H and O–H groups in total. The van der Waals surface area contributed by atoms with Crippen molar-refractivity contribution in [2.24, 2.45) is 0 Å². The lowest BCUT2D eigenvalue weighted by Crippen LogP contribution is -2.35. The molecule has 0 bridgehead atoms. The summed E-state index contributed by atoms with van der Waals surface area (Å²) in [6.07, 6.45) is 6.68. The van der Waals surface area contributed by atoms with E-state index in [0.29, 0.717) is 24.7 Å². The molecule has 5 heterocycles. The zero-order valence-electron chi connectivity index (χ0n) is 22.4. The van der Waals surface area contributed by atoms with Crippen LogP contribution in [0.4, 0.5) is 26.2 Å². The third kappa shape index (κ3) is 5.18. The Bertz CT molecular complexity index is 1560. The van der Waals surface area contributed by atoms with E-state index in [1.54, 1.807) is 0 Å². The van der Waals surface area contributed by atoms with E-state index < -0.39 is 29.7 Å². The third-order valence-electron chi connectivity index (χ3n) is 7.82. The summed E-state index contributed by atoms with van der Waals surface area (Å²) in [5.41, 5.74) is 1.56. The van der Waals surface area contributed by atoms with Gasteiger partial charge in [0.1, 0.15) is 23.6 Å². The van der Waals surface area contributed by atoms with E-state index in [4.69, 9.17) is 0 Å². The summed E-state index contributed by atoms with van der Waals surface area (Å²) in [5, 5.41) is 22.4. The van der Waals surface area contributed by atoms with Gasteiger partial charge < -0.3 is 29.9 Å². The van der Waals surface area contributed by atoms with Crippen molar-refractivity contribution in [3.63, 3.8) is 0 Å². The maximum atomic E-state index is 15.3. The Morgan fingerprint density at radius 1 is 1.02 bits per heavy atom. The maximum absolute atomic E-state index is 15.3. The van der Waals surface area contributed by atoms with E-state index >= 15 is 8.78 Å². The quantitative estimate of drug-likeness (QED) is 0.323. The van der Waals surface area contributed by atoms with Gasteiger partial charge >= 0.3 is 0 Å². The Morgan fingerprint density at radius 2 is 1.73 bits per heavy atom.